The lowest BCUT2D eigenvalue weighted by Crippen LogP contribution is -2.32. The van der Waals surface area contributed by atoms with Gasteiger partial charge in [-0.25, -0.2) is 9.88 Å². The molecule has 1 saturated carbocycles. The van der Waals surface area contributed by atoms with Crippen LogP contribution in [-0.2, 0) is 9.59 Å². The molecule has 1 aromatic rings. The number of carbonyl (C=O) groups is 2. The minimum atomic E-state index is -0.0816. The summed E-state index contributed by atoms with van der Waals surface area (Å²) in [5.41, 5.74) is 0. The number of rotatable bonds is 1. The Hall–Kier alpha value is -0.750. The number of nitrogens with zero attached hydrogens (tertiary/aromatic N) is 2. The normalized spacial score (nSPS) is 29.6. The molecule has 2 unspecified atom stereocenters. The maximum atomic E-state index is 11.6. The largest absolute Gasteiger partial charge is 0.274 e. The number of carbonyl (C=O) groups excluding carboxylic acids is 2. The summed E-state index contributed by atoms with van der Waals surface area (Å²) in [4.78, 5) is 28.5. The van der Waals surface area contributed by atoms with Gasteiger partial charge in [0.1, 0.15) is 0 Å². The molecule has 2 aliphatic rings. The molecular weight excluding hydrogens is 268 g/mol. The van der Waals surface area contributed by atoms with Gasteiger partial charge in [0.05, 0.1) is 21.8 Å². The van der Waals surface area contributed by atoms with Crippen molar-refractivity contribution in [1.29, 1.82) is 0 Å². The summed E-state index contributed by atoms with van der Waals surface area (Å²) in [5.74, 6) is -0.265. The third-order valence-electron chi connectivity index (χ3n) is 2.52. The lowest BCUT2D eigenvalue weighted by Gasteiger charge is -2.11. The van der Waals surface area contributed by atoms with Gasteiger partial charge in [0, 0.05) is 0 Å². The van der Waals surface area contributed by atoms with Crippen LogP contribution in [-0.4, -0.2) is 16.8 Å². The zero-order chi connectivity index (χ0) is 9.87. The molecule has 3 rings (SSSR count). The topological polar surface area (TPSA) is 50.3 Å². The third-order valence-corrected chi connectivity index (χ3v) is 3.98. The first-order valence-electron chi connectivity index (χ1n) is 4.17. The van der Waals surface area contributed by atoms with Crippen molar-refractivity contribution in [2.24, 2.45) is 11.8 Å². The number of fused-ring (bicyclic) bond motifs is 1. The van der Waals surface area contributed by atoms with Gasteiger partial charge in [-0.2, -0.15) is 0 Å². The van der Waals surface area contributed by atoms with Crippen molar-refractivity contribution in [3.63, 3.8) is 0 Å². The first kappa shape index (κ1) is 8.55. The van der Waals surface area contributed by atoms with Crippen LogP contribution in [0.2, 0.25) is 0 Å². The molecule has 0 N–H and O–H groups in total. The van der Waals surface area contributed by atoms with Gasteiger partial charge in [-0.1, -0.05) is 11.3 Å². The summed E-state index contributed by atoms with van der Waals surface area (Å²) < 4.78 is 0.827. The highest BCUT2D eigenvalue weighted by Crippen LogP contribution is 2.49. The van der Waals surface area contributed by atoms with Crippen LogP contribution in [0.4, 0.5) is 5.13 Å². The van der Waals surface area contributed by atoms with E-state index in [4.69, 9.17) is 0 Å². The molecule has 2 heterocycles. The smallest absolute Gasteiger partial charge is 0.239 e. The minimum Gasteiger partial charge on any atom is -0.274 e. The van der Waals surface area contributed by atoms with Gasteiger partial charge in [-0.05, 0) is 22.4 Å². The number of piperidine rings is 1. The number of imide groups is 1. The second kappa shape index (κ2) is 2.64. The van der Waals surface area contributed by atoms with Crippen LogP contribution in [0.3, 0.4) is 0 Å². The van der Waals surface area contributed by atoms with Crippen LogP contribution in [0.25, 0.3) is 0 Å². The van der Waals surface area contributed by atoms with Crippen LogP contribution >= 0.6 is 27.3 Å². The standard InChI is InChI=1S/C8H5BrN2O2S/c9-5-2-10-8(14-5)11-6(12)3-1-4(3)7(11)13/h2-4H,1H2. The Kier molecular flexibility index (Phi) is 1.61. The number of thiazole rings is 1. The average molecular weight is 273 g/mol. The highest BCUT2D eigenvalue weighted by molar-refractivity contribution is 9.11. The molecule has 2 fully saturated rings. The molecular formula is C8H5BrN2O2S. The van der Waals surface area contributed by atoms with Gasteiger partial charge < -0.3 is 0 Å². The SMILES string of the molecule is O=C1C2CC2C(=O)N1c1ncc(Br)s1. The zero-order valence-electron chi connectivity index (χ0n) is 6.94. The molecule has 1 saturated heterocycles. The number of anilines is 1. The van der Waals surface area contributed by atoms with E-state index in [9.17, 15) is 9.59 Å². The number of amides is 2. The monoisotopic (exact) mass is 272 g/mol. The Labute approximate surface area is 92.1 Å². The molecule has 2 atom stereocenters. The molecule has 1 aliphatic carbocycles. The Balaban J connectivity index is 1.99. The lowest BCUT2D eigenvalue weighted by molar-refractivity contribution is -0.123. The molecule has 14 heavy (non-hydrogen) atoms. The Morgan fingerprint density at radius 3 is 2.57 bits per heavy atom. The molecule has 0 aromatic carbocycles. The summed E-state index contributed by atoms with van der Waals surface area (Å²) in [6.07, 6.45) is 2.34. The molecule has 0 radical (unpaired) electrons. The summed E-state index contributed by atoms with van der Waals surface area (Å²) in [6, 6.07) is 0. The first-order chi connectivity index (χ1) is 6.68. The highest BCUT2D eigenvalue weighted by atomic mass is 79.9. The maximum absolute atomic E-state index is 11.6. The van der Waals surface area contributed by atoms with Crippen LogP contribution in [0, 0.1) is 11.8 Å². The quantitative estimate of drug-likeness (QED) is 0.727. The molecule has 1 aromatic heterocycles. The summed E-state index contributed by atoms with van der Waals surface area (Å²) >= 11 is 4.56. The maximum Gasteiger partial charge on any atom is 0.239 e. The van der Waals surface area contributed by atoms with Crippen molar-refractivity contribution in [3.05, 3.63) is 9.98 Å². The van der Waals surface area contributed by atoms with Gasteiger partial charge in [0.2, 0.25) is 11.8 Å². The first-order valence-corrected chi connectivity index (χ1v) is 5.78. The van der Waals surface area contributed by atoms with E-state index in [-0.39, 0.29) is 23.7 Å². The zero-order valence-corrected chi connectivity index (χ0v) is 9.34. The van der Waals surface area contributed by atoms with Crippen molar-refractivity contribution in [2.75, 3.05) is 4.90 Å². The van der Waals surface area contributed by atoms with Crippen LogP contribution < -0.4 is 4.90 Å². The van der Waals surface area contributed by atoms with E-state index >= 15 is 0 Å². The van der Waals surface area contributed by atoms with Gasteiger partial charge in [-0.3, -0.25) is 9.59 Å². The fourth-order valence-corrected chi connectivity index (χ4v) is 2.91. The van der Waals surface area contributed by atoms with Crippen LogP contribution in [0.5, 0.6) is 0 Å². The van der Waals surface area contributed by atoms with Crippen molar-refractivity contribution in [1.82, 2.24) is 4.98 Å². The summed E-state index contributed by atoms with van der Waals surface area (Å²) in [5, 5.41) is 0.485. The second-order valence-electron chi connectivity index (χ2n) is 3.41. The molecule has 4 nitrogen and oxygen atoms in total. The lowest BCUT2D eigenvalue weighted by atomic mass is 10.4. The third kappa shape index (κ3) is 1.01. The highest BCUT2D eigenvalue weighted by Gasteiger charge is 2.59. The van der Waals surface area contributed by atoms with E-state index in [0.29, 0.717) is 5.13 Å². The Morgan fingerprint density at radius 1 is 1.43 bits per heavy atom. The Bertz CT molecular complexity index is 424. The Morgan fingerprint density at radius 2 is 2.07 bits per heavy atom. The molecule has 0 spiro atoms. The van der Waals surface area contributed by atoms with Gasteiger partial charge >= 0.3 is 0 Å². The second-order valence-corrected chi connectivity index (χ2v) is 5.80. The predicted molar refractivity (Wildman–Crippen MR) is 53.9 cm³/mol. The van der Waals surface area contributed by atoms with Crippen molar-refractivity contribution in [3.8, 4) is 0 Å². The van der Waals surface area contributed by atoms with Crippen molar-refractivity contribution < 1.29 is 9.59 Å². The fourth-order valence-electron chi connectivity index (χ4n) is 1.72. The number of aromatic nitrogens is 1. The molecule has 72 valence electrons. The van der Waals surface area contributed by atoms with Crippen molar-refractivity contribution >= 4 is 44.2 Å². The predicted octanol–water partition coefficient (Wildman–Crippen LogP) is 1.41. The fraction of sp³-hybridized carbons (Fsp3) is 0.375. The van der Waals surface area contributed by atoms with E-state index in [1.165, 1.54) is 16.2 Å². The van der Waals surface area contributed by atoms with E-state index in [1.807, 2.05) is 0 Å². The summed E-state index contributed by atoms with van der Waals surface area (Å²) in [6.45, 7) is 0. The van der Waals surface area contributed by atoms with E-state index in [2.05, 4.69) is 20.9 Å². The number of hydrogen-bond donors (Lipinski definition) is 0. The summed E-state index contributed by atoms with van der Waals surface area (Å²) in [7, 11) is 0. The average Bonchev–Trinajstić information content (AvgIpc) is 2.78. The molecule has 0 bridgehead atoms. The van der Waals surface area contributed by atoms with E-state index < -0.39 is 0 Å². The molecule has 2 amide bonds. The minimum absolute atomic E-state index is 0.0508. The van der Waals surface area contributed by atoms with Crippen molar-refractivity contribution in [2.45, 2.75) is 6.42 Å². The molecule has 6 heteroatoms. The van der Waals surface area contributed by atoms with Crippen LogP contribution in [0.1, 0.15) is 6.42 Å². The van der Waals surface area contributed by atoms with Crippen LogP contribution in [0.15, 0.2) is 9.98 Å². The van der Waals surface area contributed by atoms with Gasteiger partial charge in [0.25, 0.3) is 0 Å². The van der Waals surface area contributed by atoms with Gasteiger partial charge in [0.15, 0.2) is 5.13 Å². The van der Waals surface area contributed by atoms with Gasteiger partial charge in [-0.15, -0.1) is 0 Å². The number of halogens is 1. The van der Waals surface area contributed by atoms with E-state index in [1.54, 1.807) is 6.20 Å². The number of hydrogen-bond acceptors (Lipinski definition) is 4. The molecule has 1 aliphatic heterocycles. The van der Waals surface area contributed by atoms with E-state index in [0.717, 1.165) is 10.2 Å².